The molecule has 0 N–H and O–H groups in total. The van der Waals surface area contributed by atoms with Crippen LogP contribution in [0.25, 0.3) is 0 Å². The number of rotatable bonds is 3. The lowest BCUT2D eigenvalue weighted by Crippen LogP contribution is -2.33. The van der Waals surface area contributed by atoms with Crippen molar-refractivity contribution in [1.29, 1.82) is 0 Å². The highest BCUT2D eigenvalue weighted by molar-refractivity contribution is 5.31. The van der Waals surface area contributed by atoms with E-state index in [1.54, 1.807) is 18.1 Å². The summed E-state index contributed by atoms with van der Waals surface area (Å²) >= 11 is 0. The number of aromatic nitrogens is 3. The summed E-state index contributed by atoms with van der Waals surface area (Å²) in [5, 5.41) is 4.30. The monoisotopic (exact) mass is 196 g/mol. The number of nitrogens with zero attached hydrogens (tertiary/aromatic N) is 4. The van der Waals surface area contributed by atoms with Gasteiger partial charge in [-0.3, -0.25) is 4.68 Å². The number of anilines is 1. The van der Waals surface area contributed by atoms with E-state index < -0.39 is 0 Å². The maximum Gasteiger partial charge on any atom is 0.244 e. The minimum atomic E-state index is 0.447. The molecule has 0 aromatic carbocycles. The second-order valence-corrected chi connectivity index (χ2v) is 3.66. The van der Waals surface area contributed by atoms with Gasteiger partial charge in [0.1, 0.15) is 6.33 Å². The van der Waals surface area contributed by atoms with Crippen LogP contribution in [0.3, 0.4) is 0 Å². The van der Waals surface area contributed by atoms with E-state index in [2.05, 4.69) is 15.0 Å². The predicted molar refractivity (Wildman–Crippen MR) is 53.2 cm³/mol. The van der Waals surface area contributed by atoms with E-state index in [4.69, 9.17) is 4.74 Å². The highest BCUT2D eigenvalue weighted by Gasteiger charge is 2.26. The van der Waals surface area contributed by atoms with Crippen molar-refractivity contribution in [3.8, 4) is 0 Å². The molecule has 5 heteroatoms. The van der Waals surface area contributed by atoms with E-state index in [1.807, 2.05) is 7.05 Å². The second kappa shape index (κ2) is 3.96. The van der Waals surface area contributed by atoms with Crippen LogP contribution in [0.5, 0.6) is 0 Å². The fourth-order valence-electron chi connectivity index (χ4n) is 1.92. The highest BCUT2D eigenvalue weighted by atomic mass is 16.5. The van der Waals surface area contributed by atoms with Gasteiger partial charge in [0.15, 0.2) is 0 Å². The Morgan fingerprint density at radius 3 is 3.14 bits per heavy atom. The normalized spacial score (nSPS) is 21.9. The molecule has 1 aliphatic heterocycles. The van der Waals surface area contributed by atoms with Crippen molar-refractivity contribution < 1.29 is 4.74 Å². The molecule has 0 radical (unpaired) electrons. The molecule has 2 rings (SSSR count). The quantitative estimate of drug-likeness (QED) is 0.703. The van der Waals surface area contributed by atoms with Crippen LogP contribution >= 0.6 is 0 Å². The first kappa shape index (κ1) is 9.45. The summed E-state index contributed by atoms with van der Waals surface area (Å²) in [6.07, 6.45) is 4.11. The van der Waals surface area contributed by atoms with E-state index >= 15 is 0 Å². The van der Waals surface area contributed by atoms with Crippen LogP contribution < -0.4 is 4.90 Å². The molecule has 1 saturated heterocycles. The third kappa shape index (κ3) is 1.72. The van der Waals surface area contributed by atoms with E-state index in [0.29, 0.717) is 6.04 Å². The fourth-order valence-corrected chi connectivity index (χ4v) is 1.92. The highest BCUT2D eigenvalue weighted by Crippen LogP contribution is 2.21. The molecule has 0 aliphatic carbocycles. The van der Waals surface area contributed by atoms with Crippen molar-refractivity contribution in [3.05, 3.63) is 6.33 Å². The van der Waals surface area contributed by atoms with Crippen LogP contribution in [0, 0.1) is 0 Å². The average molecular weight is 196 g/mol. The summed E-state index contributed by atoms with van der Waals surface area (Å²) < 4.78 is 6.91. The van der Waals surface area contributed by atoms with Crippen molar-refractivity contribution >= 4 is 5.95 Å². The number of methoxy groups -OCH3 is 1. The van der Waals surface area contributed by atoms with Gasteiger partial charge in [0.2, 0.25) is 5.95 Å². The van der Waals surface area contributed by atoms with E-state index in [9.17, 15) is 0 Å². The molecule has 1 aliphatic rings. The molecule has 1 aromatic heterocycles. The molecule has 0 saturated carbocycles. The van der Waals surface area contributed by atoms with Crippen molar-refractivity contribution in [3.63, 3.8) is 0 Å². The van der Waals surface area contributed by atoms with Crippen LogP contribution in [0.15, 0.2) is 6.33 Å². The van der Waals surface area contributed by atoms with Crippen molar-refractivity contribution in [2.24, 2.45) is 7.05 Å². The van der Waals surface area contributed by atoms with Crippen molar-refractivity contribution in [2.45, 2.75) is 18.9 Å². The van der Waals surface area contributed by atoms with E-state index in [-0.39, 0.29) is 0 Å². The summed E-state index contributed by atoms with van der Waals surface area (Å²) in [5.41, 5.74) is 0. The zero-order valence-corrected chi connectivity index (χ0v) is 8.68. The van der Waals surface area contributed by atoms with Crippen molar-refractivity contribution in [2.75, 3.05) is 25.2 Å². The summed E-state index contributed by atoms with van der Waals surface area (Å²) in [7, 11) is 3.63. The average Bonchev–Trinajstić information content (AvgIpc) is 2.74. The summed E-state index contributed by atoms with van der Waals surface area (Å²) in [6, 6.07) is 0.447. The summed E-state index contributed by atoms with van der Waals surface area (Å²) in [4.78, 5) is 6.48. The van der Waals surface area contributed by atoms with Crippen molar-refractivity contribution in [1.82, 2.24) is 14.8 Å². The lowest BCUT2D eigenvalue weighted by Gasteiger charge is -2.22. The SMILES string of the molecule is COC[C@H]1CCCN1c1ncn(C)n1. The second-order valence-electron chi connectivity index (χ2n) is 3.66. The Kier molecular flexibility index (Phi) is 2.67. The smallest absolute Gasteiger partial charge is 0.244 e. The molecule has 14 heavy (non-hydrogen) atoms. The van der Waals surface area contributed by atoms with Gasteiger partial charge in [-0.25, -0.2) is 4.98 Å². The predicted octanol–water partition coefficient (Wildman–Crippen LogP) is 0.430. The van der Waals surface area contributed by atoms with Gasteiger partial charge in [0.25, 0.3) is 0 Å². The van der Waals surface area contributed by atoms with Crippen LogP contribution in [-0.4, -0.2) is 41.1 Å². The maximum absolute atomic E-state index is 5.18. The Hall–Kier alpha value is -1.10. The Morgan fingerprint density at radius 1 is 1.64 bits per heavy atom. The standard InChI is InChI=1S/C9H16N4O/c1-12-7-10-9(11-12)13-5-3-4-8(13)6-14-2/h7-8H,3-6H2,1-2H3/t8-/m1/s1. The lowest BCUT2D eigenvalue weighted by atomic mass is 10.2. The fraction of sp³-hybridized carbons (Fsp3) is 0.778. The molecule has 0 bridgehead atoms. The molecule has 5 nitrogen and oxygen atoms in total. The molecule has 1 aromatic rings. The number of aryl methyl sites for hydroxylation is 1. The van der Waals surface area contributed by atoms with E-state index in [1.165, 1.54) is 12.8 Å². The van der Waals surface area contributed by atoms with Gasteiger partial charge in [0, 0.05) is 20.7 Å². The molecule has 2 heterocycles. The van der Waals surface area contributed by atoms with Crippen LogP contribution in [-0.2, 0) is 11.8 Å². The van der Waals surface area contributed by atoms with Crippen LogP contribution in [0.4, 0.5) is 5.95 Å². The van der Waals surface area contributed by atoms with Gasteiger partial charge < -0.3 is 9.64 Å². The van der Waals surface area contributed by atoms with Crippen LogP contribution in [0.1, 0.15) is 12.8 Å². The first-order valence-corrected chi connectivity index (χ1v) is 4.92. The third-order valence-corrected chi connectivity index (χ3v) is 2.58. The first-order valence-electron chi connectivity index (χ1n) is 4.92. The van der Waals surface area contributed by atoms with Gasteiger partial charge in [-0.2, -0.15) is 0 Å². The summed E-state index contributed by atoms with van der Waals surface area (Å²) in [5.74, 6) is 0.826. The zero-order valence-electron chi connectivity index (χ0n) is 8.68. The molecular weight excluding hydrogens is 180 g/mol. The van der Waals surface area contributed by atoms with Crippen LogP contribution in [0.2, 0.25) is 0 Å². The van der Waals surface area contributed by atoms with Gasteiger partial charge in [0.05, 0.1) is 12.6 Å². The zero-order chi connectivity index (χ0) is 9.97. The molecule has 0 amide bonds. The topological polar surface area (TPSA) is 43.2 Å². The van der Waals surface area contributed by atoms with Gasteiger partial charge in [-0.1, -0.05) is 0 Å². The Balaban J connectivity index is 2.09. The maximum atomic E-state index is 5.18. The Labute approximate surface area is 83.7 Å². The number of hydrogen-bond donors (Lipinski definition) is 0. The minimum Gasteiger partial charge on any atom is -0.383 e. The molecule has 1 fully saturated rings. The Morgan fingerprint density at radius 2 is 2.50 bits per heavy atom. The molecule has 0 unspecified atom stereocenters. The third-order valence-electron chi connectivity index (χ3n) is 2.58. The summed E-state index contributed by atoms with van der Waals surface area (Å²) in [6.45, 7) is 1.80. The number of hydrogen-bond acceptors (Lipinski definition) is 4. The van der Waals surface area contributed by atoms with E-state index in [0.717, 1.165) is 19.1 Å². The Bertz CT molecular complexity index is 299. The minimum absolute atomic E-state index is 0.447. The van der Waals surface area contributed by atoms with Gasteiger partial charge in [-0.05, 0) is 12.8 Å². The molecule has 1 atom stereocenters. The van der Waals surface area contributed by atoms with Gasteiger partial charge in [-0.15, -0.1) is 5.10 Å². The molecule has 78 valence electrons. The first-order chi connectivity index (χ1) is 6.81. The molecule has 0 spiro atoms. The molecular formula is C9H16N4O. The number of ether oxygens (including phenoxy) is 1. The van der Waals surface area contributed by atoms with Gasteiger partial charge >= 0.3 is 0 Å². The lowest BCUT2D eigenvalue weighted by molar-refractivity contribution is 0.180. The largest absolute Gasteiger partial charge is 0.383 e.